The standard InChI is InChI=1S/C33H40N8O4/c1-6-30(43)35-24-19-25(28(44-5)20-26(24)41(4)15-14-40(2)3)37-33-34-13-11-23(36-33)32-31(38-29(39-32)8-7-16-42)22-9-10-27-21(18-22)12-17-45-27/h9-13,17-20,42H,6-8,14-16H2,1-5H3,(H,35,43)(H,38,39)(H,34,36,37). The summed E-state index contributed by atoms with van der Waals surface area (Å²) in [6.45, 7) is 3.48. The van der Waals surface area contributed by atoms with Crippen molar-refractivity contribution in [2.24, 2.45) is 0 Å². The largest absolute Gasteiger partial charge is 0.494 e. The van der Waals surface area contributed by atoms with Gasteiger partial charge in [-0.25, -0.2) is 15.0 Å². The Morgan fingerprint density at radius 2 is 1.91 bits per heavy atom. The predicted molar refractivity (Wildman–Crippen MR) is 177 cm³/mol. The number of likely N-dealkylation sites (N-methyl/N-ethyl adjacent to an activating group) is 2. The number of imidazole rings is 1. The molecule has 0 fully saturated rings. The van der Waals surface area contributed by atoms with Crippen LogP contribution in [-0.4, -0.2) is 83.8 Å². The highest BCUT2D eigenvalue weighted by atomic mass is 16.5. The van der Waals surface area contributed by atoms with Crippen LogP contribution in [0.4, 0.5) is 23.0 Å². The molecule has 236 valence electrons. The summed E-state index contributed by atoms with van der Waals surface area (Å²) in [5.74, 6) is 1.58. The van der Waals surface area contributed by atoms with E-state index in [4.69, 9.17) is 19.1 Å². The third-order valence-electron chi connectivity index (χ3n) is 7.42. The maximum atomic E-state index is 12.5. The Bertz CT molecular complexity index is 1760. The van der Waals surface area contributed by atoms with Crippen LogP contribution < -0.4 is 20.3 Å². The number of hydrogen-bond donors (Lipinski definition) is 4. The molecule has 3 aromatic heterocycles. The van der Waals surface area contributed by atoms with E-state index in [2.05, 4.69) is 30.4 Å². The number of rotatable bonds is 14. The van der Waals surface area contributed by atoms with Crippen LogP contribution in [0.1, 0.15) is 25.6 Å². The van der Waals surface area contributed by atoms with Crippen molar-refractivity contribution in [1.82, 2.24) is 24.8 Å². The molecular formula is C33H40N8O4. The lowest BCUT2D eigenvalue weighted by molar-refractivity contribution is -0.115. The number of aromatic nitrogens is 4. The highest BCUT2D eigenvalue weighted by Gasteiger charge is 2.19. The number of hydrogen-bond acceptors (Lipinski definition) is 10. The number of fused-ring (bicyclic) bond motifs is 1. The molecule has 5 aromatic rings. The zero-order valence-corrected chi connectivity index (χ0v) is 26.3. The number of aromatic amines is 1. The number of furan rings is 1. The van der Waals surface area contributed by atoms with E-state index in [0.29, 0.717) is 48.0 Å². The summed E-state index contributed by atoms with van der Waals surface area (Å²) in [5.41, 5.74) is 5.90. The average Bonchev–Trinajstić information content (AvgIpc) is 3.70. The molecule has 0 radical (unpaired) electrons. The normalized spacial score (nSPS) is 11.3. The molecule has 12 nitrogen and oxygen atoms in total. The molecule has 0 saturated heterocycles. The van der Waals surface area contributed by atoms with Crippen molar-refractivity contribution in [3.8, 4) is 28.4 Å². The van der Waals surface area contributed by atoms with Crippen molar-refractivity contribution < 1.29 is 19.1 Å². The van der Waals surface area contributed by atoms with Gasteiger partial charge < -0.3 is 39.7 Å². The number of carbonyl (C=O) groups is 1. The maximum Gasteiger partial charge on any atom is 0.227 e. The van der Waals surface area contributed by atoms with Gasteiger partial charge in [0.1, 0.15) is 17.2 Å². The van der Waals surface area contributed by atoms with Gasteiger partial charge in [0.25, 0.3) is 0 Å². The maximum absolute atomic E-state index is 12.5. The topological polar surface area (TPSA) is 145 Å². The van der Waals surface area contributed by atoms with Crippen LogP contribution in [-0.2, 0) is 11.2 Å². The number of H-pyrrole nitrogens is 1. The Morgan fingerprint density at radius 3 is 2.67 bits per heavy atom. The lowest BCUT2D eigenvalue weighted by atomic mass is 10.1. The molecule has 2 aromatic carbocycles. The first kappa shape index (κ1) is 31.5. The van der Waals surface area contributed by atoms with Gasteiger partial charge in [-0.3, -0.25) is 4.79 Å². The molecule has 45 heavy (non-hydrogen) atoms. The second-order valence-corrected chi connectivity index (χ2v) is 11.0. The second-order valence-electron chi connectivity index (χ2n) is 11.0. The first-order valence-electron chi connectivity index (χ1n) is 14.9. The van der Waals surface area contributed by atoms with Crippen LogP contribution in [0.3, 0.4) is 0 Å². The second kappa shape index (κ2) is 14.2. The predicted octanol–water partition coefficient (Wildman–Crippen LogP) is 5.30. The van der Waals surface area contributed by atoms with E-state index in [1.807, 2.05) is 70.5 Å². The Hall–Kier alpha value is -4.94. The summed E-state index contributed by atoms with van der Waals surface area (Å²) in [5, 5.41) is 16.7. The number of nitrogens with zero attached hydrogens (tertiary/aromatic N) is 5. The molecular weight excluding hydrogens is 572 g/mol. The van der Waals surface area contributed by atoms with E-state index in [-0.39, 0.29) is 12.5 Å². The van der Waals surface area contributed by atoms with Crippen molar-refractivity contribution in [2.45, 2.75) is 26.2 Å². The highest BCUT2D eigenvalue weighted by Crippen LogP contribution is 2.38. The Kier molecular flexibility index (Phi) is 9.95. The quantitative estimate of drug-likeness (QED) is 0.130. The van der Waals surface area contributed by atoms with Crippen molar-refractivity contribution in [3.63, 3.8) is 0 Å². The molecule has 0 unspecified atom stereocenters. The molecule has 0 bridgehead atoms. The number of anilines is 4. The van der Waals surface area contributed by atoms with Crippen LogP contribution >= 0.6 is 0 Å². The van der Waals surface area contributed by atoms with Gasteiger partial charge in [-0.2, -0.15) is 0 Å². The van der Waals surface area contributed by atoms with Crippen LogP contribution in [0.5, 0.6) is 5.75 Å². The van der Waals surface area contributed by atoms with Crippen LogP contribution in [0.2, 0.25) is 0 Å². The minimum absolute atomic E-state index is 0.0701. The first-order chi connectivity index (χ1) is 21.8. The van der Waals surface area contributed by atoms with Gasteiger partial charge in [0, 0.05) is 62.8 Å². The number of benzene rings is 2. The van der Waals surface area contributed by atoms with E-state index >= 15 is 0 Å². The van der Waals surface area contributed by atoms with Gasteiger partial charge in [0.05, 0.1) is 47.5 Å². The molecule has 1 amide bonds. The summed E-state index contributed by atoms with van der Waals surface area (Å²) in [6, 6.07) is 13.4. The molecule has 12 heteroatoms. The first-order valence-corrected chi connectivity index (χ1v) is 14.9. The van der Waals surface area contributed by atoms with Gasteiger partial charge in [-0.05, 0) is 56.9 Å². The number of methoxy groups -OCH3 is 1. The third kappa shape index (κ3) is 7.41. The fourth-order valence-corrected chi connectivity index (χ4v) is 4.93. The molecule has 0 aliphatic carbocycles. The lowest BCUT2D eigenvalue weighted by Gasteiger charge is -2.26. The number of aliphatic hydroxyl groups is 1. The zero-order valence-electron chi connectivity index (χ0n) is 26.3. The van der Waals surface area contributed by atoms with Crippen molar-refractivity contribution in [2.75, 3.05) is 63.5 Å². The minimum atomic E-state index is -0.0935. The monoisotopic (exact) mass is 612 g/mol. The number of nitrogens with one attached hydrogen (secondary N) is 3. The van der Waals surface area contributed by atoms with Gasteiger partial charge in [-0.1, -0.05) is 6.92 Å². The molecule has 5 rings (SSSR count). The van der Waals surface area contributed by atoms with Crippen molar-refractivity contribution in [1.29, 1.82) is 0 Å². The number of ether oxygens (including phenoxy) is 1. The lowest BCUT2D eigenvalue weighted by Crippen LogP contribution is -2.29. The summed E-state index contributed by atoms with van der Waals surface area (Å²) in [6.07, 6.45) is 4.86. The summed E-state index contributed by atoms with van der Waals surface area (Å²) < 4.78 is 11.3. The number of amides is 1. The van der Waals surface area contributed by atoms with E-state index in [1.165, 1.54) is 0 Å². The zero-order chi connectivity index (χ0) is 31.9. The number of aliphatic hydroxyl groups excluding tert-OH is 1. The van der Waals surface area contributed by atoms with Crippen LogP contribution in [0.25, 0.3) is 33.6 Å². The van der Waals surface area contributed by atoms with Crippen molar-refractivity contribution >= 4 is 39.9 Å². The summed E-state index contributed by atoms with van der Waals surface area (Å²) in [7, 11) is 7.64. The number of aryl methyl sites for hydroxylation is 1. The molecule has 0 atom stereocenters. The fourth-order valence-electron chi connectivity index (χ4n) is 4.93. The average molecular weight is 613 g/mol. The van der Waals surface area contributed by atoms with Crippen LogP contribution in [0, 0.1) is 0 Å². The molecule has 3 heterocycles. The SMILES string of the molecule is CCC(=O)Nc1cc(Nc2nccc(-c3[nH]c(CCCO)nc3-c3ccc4occc4c3)n2)c(OC)cc1N(C)CCN(C)C. The number of carbonyl (C=O) groups excluding carboxylic acids is 1. The molecule has 4 N–H and O–H groups in total. The highest BCUT2D eigenvalue weighted by molar-refractivity contribution is 5.96. The Labute approximate surface area is 262 Å². The van der Waals surface area contributed by atoms with E-state index < -0.39 is 0 Å². The summed E-state index contributed by atoms with van der Waals surface area (Å²) >= 11 is 0. The van der Waals surface area contributed by atoms with E-state index in [0.717, 1.165) is 52.5 Å². The van der Waals surface area contributed by atoms with Gasteiger partial charge >= 0.3 is 0 Å². The molecule has 0 aliphatic rings. The smallest absolute Gasteiger partial charge is 0.227 e. The summed E-state index contributed by atoms with van der Waals surface area (Å²) in [4.78, 5) is 34.3. The van der Waals surface area contributed by atoms with E-state index in [1.54, 1.807) is 19.6 Å². The Morgan fingerprint density at radius 1 is 1.07 bits per heavy atom. The third-order valence-corrected chi connectivity index (χ3v) is 7.42. The van der Waals surface area contributed by atoms with Gasteiger partial charge in [0.15, 0.2) is 0 Å². The molecule has 0 spiro atoms. The fraction of sp³-hybridized carbons (Fsp3) is 0.333. The molecule has 0 aliphatic heterocycles. The van der Waals surface area contributed by atoms with Gasteiger partial charge in [0.2, 0.25) is 11.9 Å². The van der Waals surface area contributed by atoms with E-state index in [9.17, 15) is 9.90 Å². The molecule has 0 saturated carbocycles. The Balaban J connectivity index is 1.51. The van der Waals surface area contributed by atoms with Crippen molar-refractivity contribution in [3.05, 3.63) is 60.7 Å². The van der Waals surface area contributed by atoms with Crippen LogP contribution in [0.15, 0.2) is 59.3 Å². The van der Waals surface area contributed by atoms with Gasteiger partial charge in [-0.15, -0.1) is 0 Å². The minimum Gasteiger partial charge on any atom is -0.494 e.